The summed E-state index contributed by atoms with van der Waals surface area (Å²) in [4.78, 5) is 13.1. The Morgan fingerprint density at radius 1 is 1.11 bits per heavy atom. The summed E-state index contributed by atoms with van der Waals surface area (Å²) in [6.45, 7) is 4.94. The minimum atomic E-state index is 0.0975. The number of methoxy groups -OCH3 is 1. The largest absolute Gasteiger partial charge is 0.382 e. The number of likely N-dealkylation sites (tertiary alicyclic amines) is 1. The van der Waals surface area contributed by atoms with Gasteiger partial charge in [0.2, 0.25) is 0 Å². The maximum atomic E-state index is 10.9. The first-order chi connectivity index (χ1) is 8.88. The molecule has 1 unspecified atom stereocenters. The molecule has 5 heteroatoms. The van der Waals surface area contributed by atoms with Gasteiger partial charge in [0.15, 0.2) is 0 Å². The van der Waals surface area contributed by atoms with Crippen LogP contribution in [0.4, 0.5) is 0 Å². The molecule has 0 aromatic rings. The van der Waals surface area contributed by atoms with Gasteiger partial charge in [0.1, 0.15) is 6.29 Å². The fourth-order valence-corrected chi connectivity index (χ4v) is 2.09. The Morgan fingerprint density at radius 2 is 1.83 bits per heavy atom. The minimum absolute atomic E-state index is 0.0975. The molecule has 0 saturated carbocycles. The van der Waals surface area contributed by atoms with Crippen molar-refractivity contribution in [1.82, 2.24) is 4.90 Å². The molecule has 0 bridgehead atoms. The molecule has 0 aliphatic carbocycles. The SMILES string of the molecule is COCCOCCOCCN1CCCCC1C=O. The Balaban J connectivity index is 1.94. The molecule has 0 aromatic heterocycles. The van der Waals surface area contributed by atoms with Crippen molar-refractivity contribution in [3.05, 3.63) is 0 Å². The van der Waals surface area contributed by atoms with E-state index in [1.54, 1.807) is 7.11 Å². The van der Waals surface area contributed by atoms with Gasteiger partial charge in [-0.15, -0.1) is 0 Å². The summed E-state index contributed by atoms with van der Waals surface area (Å²) < 4.78 is 15.6. The summed E-state index contributed by atoms with van der Waals surface area (Å²) in [5.74, 6) is 0. The van der Waals surface area contributed by atoms with E-state index in [1.165, 1.54) is 6.42 Å². The van der Waals surface area contributed by atoms with Crippen LogP contribution in [0.25, 0.3) is 0 Å². The zero-order valence-electron chi connectivity index (χ0n) is 11.3. The average molecular weight is 259 g/mol. The van der Waals surface area contributed by atoms with E-state index in [0.717, 1.165) is 32.2 Å². The molecule has 1 aliphatic heterocycles. The second-order valence-corrected chi connectivity index (χ2v) is 4.45. The van der Waals surface area contributed by atoms with Crippen molar-refractivity contribution in [1.29, 1.82) is 0 Å². The van der Waals surface area contributed by atoms with Crippen LogP contribution < -0.4 is 0 Å². The van der Waals surface area contributed by atoms with Gasteiger partial charge in [-0.3, -0.25) is 4.90 Å². The zero-order valence-corrected chi connectivity index (χ0v) is 11.3. The lowest BCUT2D eigenvalue weighted by Gasteiger charge is -2.31. The molecule has 5 nitrogen and oxygen atoms in total. The number of nitrogens with zero attached hydrogens (tertiary/aromatic N) is 1. The third-order valence-corrected chi connectivity index (χ3v) is 3.15. The number of hydrogen-bond acceptors (Lipinski definition) is 5. The highest BCUT2D eigenvalue weighted by Crippen LogP contribution is 2.14. The van der Waals surface area contributed by atoms with Crippen LogP contribution in [0.5, 0.6) is 0 Å². The summed E-state index contributed by atoms with van der Waals surface area (Å²) in [6, 6.07) is 0.0975. The number of carbonyl (C=O) groups excluding carboxylic acids is 1. The summed E-state index contributed by atoms with van der Waals surface area (Å²) in [7, 11) is 1.65. The van der Waals surface area contributed by atoms with Gasteiger partial charge in [-0.2, -0.15) is 0 Å². The van der Waals surface area contributed by atoms with Crippen molar-refractivity contribution >= 4 is 6.29 Å². The quantitative estimate of drug-likeness (QED) is 0.427. The molecule has 0 amide bonds. The molecule has 1 fully saturated rings. The third-order valence-electron chi connectivity index (χ3n) is 3.15. The number of aldehydes is 1. The highest BCUT2D eigenvalue weighted by molar-refractivity contribution is 5.57. The van der Waals surface area contributed by atoms with E-state index in [2.05, 4.69) is 4.90 Å². The van der Waals surface area contributed by atoms with Gasteiger partial charge in [0.05, 0.1) is 39.1 Å². The summed E-state index contributed by atoms with van der Waals surface area (Å²) >= 11 is 0. The Morgan fingerprint density at radius 3 is 2.56 bits per heavy atom. The Labute approximate surface area is 109 Å². The fraction of sp³-hybridized carbons (Fsp3) is 0.923. The van der Waals surface area contributed by atoms with Gasteiger partial charge in [-0.05, 0) is 19.4 Å². The van der Waals surface area contributed by atoms with Crippen molar-refractivity contribution in [3.63, 3.8) is 0 Å². The van der Waals surface area contributed by atoms with Crippen molar-refractivity contribution in [2.75, 3.05) is 53.2 Å². The first-order valence-electron chi connectivity index (χ1n) is 6.72. The summed E-state index contributed by atoms with van der Waals surface area (Å²) in [5, 5.41) is 0. The third kappa shape index (κ3) is 6.44. The maximum Gasteiger partial charge on any atom is 0.137 e. The zero-order chi connectivity index (χ0) is 13.1. The smallest absolute Gasteiger partial charge is 0.137 e. The van der Waals surface area contributed by atoms with E-state index in [1.807, 2.05) is 0 Å². The Kier molecular flexibility index (Phi) is 9.02. The Hall–Kier alpha value is -0.490. The van der Waals surface area contributed by atoms with E-state index < -0.39 is 0 Å². The number of ether oxygens (including phenoxy) is 3. The van der Waals surface area contributed by atoms with Gasteiger partial charge >= 0.3 is 0 Å². The second kappa shape index (κ2) is 10.4. The van der Waals surface area contributed by atoms with Crippen LogP contribution in [0.1, 0.15) is 19.3 Å². The van der Waals surface area contributed by atoms with Crippen LogP contribution in [-0.2, 0) is 19.0 Å². The molecule has 1 aliphatic rings. The Bertz CT molecular complexity index is 213. The molecular weight excluding hydrogens is 234 g/mol. The number of carbonyl (C=O) groups is 1. The van der Waals surface area contributed by atoms with Crippen molar-refractivity contribution in [2.24, 2.45) is 0 Å². The first-order valence-corrected chi connectivity index (χ1v) is 6.72. The van der Waals surface area contributed by atoms with Crippen LogP contribution in [0, 0.1) is 0 Å². The van der Waals surface area contributed by atoms with E-state index in [-0.39, 0.29) is 6.04 Å². The molecular formula is C13H25NO4. The first kappa shape index (κ1) is 15.6. The maximum absolute atomic E-state index is 10.9. The number of piperidine rings is 1. The molecule has 1 heterocycles. The van der Waals surface area contributed by atoms with Gasteiger partial charge in [0, 0.05) is 13.7 Å². The van der Waals surface area contributed by atoms with Crippen molar-refractivity contribution < 1.29 is 19.0 Å². The topological polar surface area (TPSA) is 48.0 Å². The lowest BCUT2D eigenvalue weighted by atomic mass is 10.0. The van der Waals surface area contributed by atoms with E-state index in [9.17, 15) is 4.79 Å². The van der Waals surface area contributed by atoms with E-state index in [0.29, 0.717) is 33.0 Å². The lowest BCUT2D eigenvalue weighted by Crippen LogP contribution is -2.42. The molecule has 0 aromatic carbocycles. The highest BCUT2D eigenvalue weighted by Gasteiger charge is 2.20. The van der Waals surface area contributed by atoms with Gasteiger partial charge in [0.25, 0.3) is 0 Å². The van der Waals surface area contributed by atoms with Crippen LogP contribution in [0.2, 0.25) is 0 Å². The number of rotatable bonds is 10. The monoisotopic (exact) mass is 259 g/mol. The van der Waals surface area contributed by atoms with E-state index in [4.69, 9.17) is 14.2 Å². The molecule has 0 radical (unpaired) electrons. The highest BCUT2D eigenvalue weighted by atomic mass is 16.5. The lowest BCUT2D eigenvalue weighted by molar-refractivity contribution is -0.113. The van der Waals surface area contributed by atoms with Crippen LogP contribution in [0.3, 0.4) is 0 Å². The predicted molar refractivity (Wildman–Crippen MR) is 68.8 cm³/mol. The average Bonchev–Trinajstić information content (AvgIpc) is 2.42. The molecule has 18 heavy (non-hydrogen) atoms. The van der Waals surface area contributed by atoms with Crippen molar-refractivity contribution in [3.8, 4) is 0 Å². The predicted octanol–water partition coefficient (Wildman–Crippen LogP) is 0.719. The van der Waals surface area contributed by atoms with Gasteiger partial charge < -0.3 is 19.0 Å². The molecule has 1 rings (SSSR count). The molecule has 0 N–H and O–H groups in total. The van der Waals surface area contributed by atoms with Crippen LogP contribution >= 0.6 is 0 Å². The molecule has 106 valence electrons. The normalized spacial score (nSPS) is 21.1. The summed E-state index contributed by atoms with van der Waals surface area (Å²) in [5.41, 5.74) is 0. The van der Waals surface area contributed by atoms with Gasteiger partial charge in [-0.25, -0.2) is 0 Å². The fourth-order valence-electron chi connectivity index (χ4n) is 2.09. The standard InChI is InChI=1S/C13H25NO4/c1-16-8-9-18-11-10-17-7-6-14-5-3-2-4-13(14)12-15/h12-13H,2-11H2,1H3. The van der Waals surface area contributed by atoms with Crippen molar-refractivity contribution in [2.45, 2.75) is 25.3 Å². The molecule has 0 spiro atoms. The minimum Gasteiger partial charge on any atom is -0.382 e. The molecule has 1 atom stereocenters. The second-order valence-electron chi connectivity index (χ2n) is 4.45. The van der Waals surface area contributed by atoms with Gasteiger partial charge in [-0.1, -0.05) is 6.42 Å². The van der Waals surface area contributed by atoms with Crippen LogP contribution in [0.15, 0.2) is 0 Å². The molecule has 1 saturated heterocycles. The van der Waals surface area contributed by atoms with E-state index >= 15 is 0 Å². The van der Waals surface area contributed by atoms with Crippen LogP contribution in [-0.4, -0.2) is 70.5 Å². The number of hydrogen-bond donors (Lipinski definition) is 0. The summed E-state index contributed by atoms with van der Waals surface area (Å²) in [6.07, 6.45) is 4.40.